The summed E-state index contributed by atoms with van der Waals surface area (Å²) >= 11 is 0. The summed E-state index contributed by atoms with van der Waals surface area (Å²) in [6.07, 6.45) is 3.76. The summed E-state index contributed by atoms with van der Waals surface area (Å²) in [5, 5.41) is 3.03. The number of amides is 1. The smallest absolute Gasteiger partial charge is 0.238 e. The van der Waals surface area contributed by atoms with Crippen LogP contribution in [-0.4, -0.2) is 28.4 Å². The van der Waals surface area contributed by atoms with E-state index in [4.69, 9.17) is 0 Å². The lowest BCUT2D eigenvalue weighted by Gasteiger charge is -2.38. The Morgan fingerprint density at radius 1 is 0.769 bits per heavy atom. The average Bonchev–Trinajstić information content (AvgIpc) is 3.45. The van der Waals surface area contributed by atoms with E-state index in [9.17, 15) is 18.8 Å². The Morgan fingerprint density at radius 2 is 1.44 bits per heavy atom. The molecule has 0 unspecified atom stereocenters. The van der Waals surface area contributed by atoms with Gasteiger partial charge in [0.1, 0.15) is 17.3 Å². The van der Waals surface area contributed by atoms with E-state index in [0.717, 1.165) is 11.1 Å². The van der Waals surface area contributed by atoms with E-state index in [0.29, 0.717) is 16.8 Å². The molecule has 0 bridgehead atoms. The van der Waals surface area contributed by atoms with Crippen molar-refractivity contribution in [3.05, 3.63) is 143 Å². The minimum atomic E-state index is -1.40. The van der Waals surface area contributed by atoms with Crippen LogP contribution >= 0.6 is 0 Å². The van der Waals surface area contributed by atoms with Gasteiger partial charge in [-0.15, -0.1) is 0 Å². The van der Waals surface area contributed by atoms with Gasteiger partial charge in [-0.05, 0) is 53.1 Å². The first kappa shape index (κ1) is 23.3. The van der Waals surface area contributed by atoms with E-state index >= 15 is 0 Å². The van der Waals surface area contributed by atoms with Crippen molar-refractivity contribution in [1.82, 2.24) is 4.90 Å². The number of carbonyl (C=O) groups excluding carboxylic acids is 3. The largest absolute Gasteiger partial charge is 0.358 e. The quantitative estimate of drug-likeness (QED) is 0.349. The predicted molar refractivity (Wildman–Crippen MR) is 146 cm³/mol. The van der Waals surface area contributed by atoms with E-state index in [1.165, 1.54) is 24.3 Å². The number of hydrogen-bond acceptors (Lipinski definition) is 4. The number of nitrogens with zero attached hydrogens (tertiary/aromatic N) is 1. The maximum atomic E-state index is 14.6. The van der Waals surface area contributed by atoms with Crippen molar-refractivity contribution in [3.63, 3.8) is 0 Å². The fraction of sp³-hybridized carbons (Fsp3) is 0.121. The van der Waals surface area contributed by atoms with E-state index in [2.05, 4.69) is 5.32 Å². The van der Waals surface area contributed by atoms with Crippen LogP contribution in [0.5, 0.6) is 0 Å². The number of fused-ring (bicyclic) bond motifs is 6. The van der Waals surface area contributed by atoms with Crippen molar-refractivity contribution in [2.24, 2.45) is 5.92 Å². The molecule has 7 rings (SSSR count). The second-order valence-corrected chi connectivity index (χ2v) is 10.2. The molecular weight excluding hydrogens is 491 g/mol. The summed E-state index contributed by atoms with van der Waals surface area (Å²) in [7, 11) is 0. The molecule has 1 amide bonds. The monoisotopic (exact) mass is 514 g/mol. The number of halogens is 1. The van der Waals surface area contributed by atoms with Crippen molar-refractivity contribution < 1.29 is 18.8 Å². The molecule has 0 saturated carbocycles. The second kappa shape index (κ2) is 8.60. The lowest BCUT2D eigenvalue weighted by Crippen LogP contribution is -2.49. The molecule has 0 aliphatic carbocycles. The lowest BCUT2D eigenvalue weighted by atomic mass is 9.62. The Labute approximate surface area is 224 Å². The van der Waals surface area contributed by atoms with Gasteiger partial charge >= 0.3 is 0 Å². The molecule has 5 nitrogen and oxygen atoms in total. The first-order chi connectivity index (χ1) is 19.0. The van der Waals surface area contributed by atoms with Crippen molar-refractivity contribution >= 4 is 29.2 Å². The number of ketones is 2. The minimum absolute atomic E-state index is 0.251. The Hall–Kier alpha value is -4.84. The zero-order valence-corrected chi connectivity index (χ0v) is 20.8. The third-order valence-corrected chi connectivity index (χ3v) is 8.31. The molecule has 1 fully saturated rings. The molecule has 4 aromatic rings. The third kappa shape index (κ3) is 3.21. The molecule has 6 heteroatoms. The minimum Gasteiger partial charge on any atom is -0.358 e. The molecule has 0 aromatic heterocycles. The lowest BCUT2D eigenvalue weighted by molar-refractivity contribution is -0.122. The number of Topliss-reactive ketones (excluding diaryl/α,β-unsaturated/α-hetero) is 2. The van der Waals surface area contributed by atoms with Gasteiger partial charge in [-0.25, -0.2) is 4.39 Å². The maximum absolute atomic E-state index is 14.6. The fourth-order valence-corrected chi connectivity index (χ4v) is 6.73. The van der Waals surface area contributed by atoms with E-state index in [1.54, 1.807) is 24.3 Å². The topological polar surface area (TPSA) is 66.5 Å². The second-order valence-electron chi connectivity index (χ2n) is 10.2. The summed E-state index contributed by atoms with van der Waals surface area (Å²) < 4.78 is 13.9. The van der Waals surface area contributed by atoms with Crippen LogP contribution in [0.1, 0.15) is 43.4 Å². The predicted octanol–water partition coefficient (Wildman–Crippen LogP) is 5.81. The SMILES string of the molecule is O=C(c1ccccc1)[C@@H]1[C@H](C(=O)c2ccc(F)cc2)[C@]2(C(=O)Nc3ccccc32)[C@H]2c3ccccc3C=CN12. The van der Waals surface area contributed by atoms with Crippen molar-refractivity contribution in [3.8, 4) is 0 Å². The first-order valence-electron chi connectivity index (χ1n) is 12.9. The van der Waals surface area contributed by atoms with Crippen LogP contribution in [0.25, 0.3) is 6.08 Å². The Kier molecular flexibility index (Phi) is 5.13. The average molecular weight is 515 g/mol. The van der Waals surface area contributed by atoms with Crippen LogP contribution in [0.3, 0.4) is 0 Å². The highest BCUT2D eigenvalue weighted by Crippen LogP contribution is 2.62. The van der Waals surface area contributed by atoms with Gasteiger partial charge in [0, 0.05) is 23.0 Å². The summed E-state index contributed by atoms with van der Waals surface area (Å²) in [6.45, 7) is 0. The Balaban J connectivity index is 1.54. The van der Waals surface area contributed by atoms with Gasteiger partial charge in [0.25, 0.3) is 0 Å². The van der Waals surface area contributed by atoms with Gasteiger partial charge in [-0.1, -0.05) is 72.8 Å². The van der Waals surface area contributed by atoms with E-state index in [1.807, 2.05) is 71.8 Å². The molecule has 1 N–H and O–H groups in total. The summed E-state index contributed by atoms with van der Waals surface area (Å²) in [5.41, 5.74) is 2.40. The van der Waals surface area contributed by atoms with Gasteiger partial charge < -0.3 is 10.2 Å². The highest BCUT2D eigenvalue weighted by Gasteiger charge is 2.70. The van der Waals surface area contributed by atoms with Gasteiger partial charge in [-0.2, -0.15) is 0 Å². The molecule has 3 heterocycles. The number of nitrogens with one attached hydrogen (secondary N) is 1. The molecular formula is C33H23FN2O3. The van der Waals surface area contributed by atoms with Crippen molar-refractivity contribution in [2.75, 3.05) is 5.32 Å². The van der Waals surface area contributed by atoms with E-state index in [-0.39, 0.29) is 23.0 Å². The number of rotatable bonds is 4. The Morgan fingerprint density at radius 3 is 2.23 bits per heavy atom. The maximum Gasteiger partial charge on any atom is 0.238 e. The van der Waals surface area contributed by atoms with Crippen molar-refractivity contribution in [2.45, 2.75) is 17.5 Å². The van der Waals surface area contributed by atoms with E-state index < -0.39 is 29.2 Å². The molecule has 39 heavy (non-hydrogen) atoms. The standard InChI is InChI=1S/C33H23FN2O3/c34-23-16-14-22(15-17-23)29(37)27-28(30(38)21-9-2-1-3-10-21)36-19-18-20-8-4-5-11-24(20)31(36)33(27)25-12-6-7-13-26(25)35-32(33)39/h1-19,27-28,31H,(H,35,39)/t27-,28+,31-,33+/m1/s1. The van der Waals surface area contributed by atoms with Gasteiger partial charge in [0.15, 0.2) is 11.6 Å². The molecule has 1 spiro atoms. The molecule has 190 valence electrons. The number of benzene rings is 4. The van der Waals surface area contributed by atoms with Crippen LogP contribution < -0.4 is 5.32 Å². The summed E-state index contributed by atoms with van der Waals surface area (Å²) in [6, 6.07) is 27.7. The molecule has 3 aliphatic heterocycles. The Bertz CT molecular complexity index is 1680. The number of carbonyl (C=O) groups is 3. The zero-order valence-electron chi connectivity index (χ0n) is 20.8. The summed E-state index contributed by atoms with van der Waals surface area (Å²) in [4.78, 5) is 45.2. The summed E-state index contributed by atoms with van der Waals surface area (Å²) in [5.74, 6) is -2.51. The van der Waals surface area contributed by atoms with Crippen LogP contribution in [0.2, 0.25) is 0 Å². The highest BCUT2D eigenvalue weighted by atomic mass is 19.1. The van der Waals surface area contributed by atoms with Crippen LogP contribution in [0.4, 0.5) is 10.1 Å². The van der Waals surface area contributed by atoms with Crippen LogP contribution in [-0.2, 0) is 10.2 Å². The number of anilines is 1. The fourth-order valence-electron chi connectivity index (χ4n) is 6.73. The molecule has 4 atom stereocenters. The van der Waals surface area contributed by atoms with Gasteiger partial charge in [0.05, 0.1) is 12.0 Å². The number of hydrogen-bond donors (Lipinski definition) is 1. The molecule has 0 radical (unpaired) electrons. The third-order valence-electron chi connectivity index (χ3n) is 8.31. The highest BCUT2D eigenvalue weighted by molar-refractivity contribution is 6.16. The normalized spacial score (nSPS) is 24.2. The number of para-hydroxylation sites is 1. The van der Waals surface area contributed by atoms with Crippen LogP contribution in [0.15, 0.2) is 109 Å². The van der Waals surface area contributed by atoms with Gasteiger partial charge in [-0.3, -0.25) is 14.4 Å². The molecule has 1 saturated heterocycles. The first-order valence-corrected chi connectivity index (χ1v) is 12.9. The zero-order chi connectivity index (χ0) is 26.7. The van der Waals surface area contributed by atoms with Crippen LogP contribution in [0, 0.1) is 11.7 Å². The van der Waals surface area contributed by atoms with Crippen molar-refractivity contribution in [1.29, 1.82) is 0 Å². The van der Waals surface area contributed by atoms with Gasteiger partial charge in [0.2, 0.25) is 5.91 Å². The molecule has 4 aromatic carbocycles. The molecule has 3 aliphatic rings.